The highest BCUT2D eigenvalue weighted by Crippen LogP contribution is 2.35. The van der Waals surface area contributed by atoms with Gasteiger partial charge in [0.05, 0.1) is 0 Å². The van der Waals surface area contributed by atoms with Crippen LogP contribution in [0.4, 0.5) is 0 Å². The minimum atomic E-state index is -0.104. The molecule has 2 aromatic carbocycles. The van der Waals surface area contributed by atoms with E-state index in [-0.39, 0.29) is 17.2 Å². The molecule has 0 N–H and O–H groups in total. The molecule has 120 valence electrons. The number of hydrogen-bond acceptors (Lipinski definition) is 2. The lowest BCUT2D eigenvalue weighted by Gasteiger charge is -2.22. The second-order valence-corrected chi connectivity index (χ2v) is 7.13. The van der Waals surface area contributed by atoms with Crippen LogP contribution in [0.25, 0.3) is 21.5 Å². The van der Waals surface area contributed by atoms with E-state index in [1.807, 2.05) is 24.3 Å². The smallest absolute Gasteiger partial charge is 0.261 e. The molecular weight excluding hydrogens is 298 g/mol. The number of rotatable bonds is 1. The number of aromatic nitrogens is 1. The molecule has 3 aromatic rings. The van der Waals surface area contributed by atoms with Crippen molar-refractivity contribution in [3.8, 4) is 0 Å². The molecule has 0 atom stereocenters. The van der Waals surface area contributed by atoms with Crippen LogP contribution in [0.2, 0.25) is 0 Å². The van der Waals surface area contributed by atoms with E-state index in [2.05, 4.69) is 12.1 Å². The lowest BCUT2D eigenvalue weighted by molar-refractivity contribution is 0.343. The van der Waals surface area contributed by atoms with Crippen molar-refractivity contribution >= 4 is 21.5 Å². The second kappa shape index (κ2) is 5.04. The monoisotopic (exact) mass is 317 g/mol. The predicted molar refractivity (Wildman–Crippen MR) is 96.9 cm³/mol. The predicted octanol–water partition coefficient (Wildman–Crippen LogP) is 3.92. The normalized spacial score (nSPS) is 17.2. The highest BCUT2D eigenvalue weighted by Gasteiger charge is 2.24. The van der Waals surface area contributed by atoms with Crippen molar-refractivity contribution in [2.24, 2.45) is 0 Å². The minimum absolute atomic E-state index is 0.0456. The number of nitrogens with zero attached hydrogens (tertiary/aromatic N) is 1. The molecule has 1 aromatic heterocycles. The lowest BCUT2D eigenvalue weighted by atomic mass is 9.95. The summed E-state index contributed by atoms with van der Waals surface area (Å²) in [6.45, 7) is 0. The van der Waals surface area contributed by atoms with Gasteiger partial charge in [-0.05, 0) is 53.3 Å². The van der Waals surface area contributed by atoms with Crippen LogP contribution in [0.5, 0.6) is 0 Å². The van der Waals surface area contributed by atoms with Gasteiger partial charge in [0, 0.05) is 16.8 Å². The van der Waals surface area contributed by atoms with Crippen LogP contribution >= 0.6 is 0 Å². The van der Waals surface area contributed by atoms with E-state index in [1.54, 1.807) is 4.57 Å². The van der Waals surface area contributed by atoms with Gasteiger partial charge in [0.25, 0.3) is 11.1 Å². The topological polar surface area (TPSA) is 39.1 Å². The van der Waals surface area contributed by atoms with Crippen molar-refractivity contribution in [3.63, 3.8) is 0 Å². The molecule has 5 rings (SSSR count). The third-order valence-corrected chi connectivity index (χ3v) is 5.77. The van der Waals surface area contributed by atoms with Crippen molar-refractivity contribution in [2.75, 3.05) is 0 Å². The Balaban J connectivity index is 2.02. The average Bonchev–Trinajstić information content (AvgIpc) is 2.97. The van der Waals surface area contributed by atoms with Crippen LogP contribution in [0.3, 0.4) is 0 Å². The molecule has 0 amide bonds. The summed E-state index contributed by atoms with van der Waals surface area (Å²) in [7, 11) is 0. The van der Waals surface area contributed by atoms with Gasteiger partial charge in [0.15, 0.2) is 0 Å². The summed E-state index contributed by atoms with van der Waals surface area (Å²) in [5.41, 5.74) is 2.13. The molecule has 1 fully saturated rings. The Kier molecular flexibility index (Phi) is 2.93. The van der Waals surface area contributed by atoms with E-state index in [0.29, 0.717) is 10.8 Å². The van der Waals surface area contributed by atoms with Gasteiger partial charge in [-0.1, -0.05) is 43.5 Å². The van der Waals surface area contributed by atoms with Crippen molar-refractivity contribution in [1.29, 1.82) is 0 Å². The van der Waals surface area contributed by atoms with E-state index in [9.17, 15) is 9.59 Å². The first kappa shape index (κ1) is 14.0. The molecule has 3 heteroatoms. The molecule has 0 bridgehead atoms. The van der Waals surface area contributed by atoms with Gasteiger partial charge in [-0.3, -0.25) is 14.2 Å². The number of benzene rings is 2. The van der Waals surface area contributed by atoms with Crippen molar-refractivity contribution in [1.82, 2.24) is 4.57 Å². The summed E-state index contributed by atoms with van der Waals surface area (Å²) in [4.78, 5) is 26.6. The second-order valence-electron chi connectivity index (χ2n) is 7.13. The highest BCUT2D eigenvalue weighted by molar-refractivity contribution is 6.11. The molecule has 0 radical (unpaired) electrons. The van der Waals surface area contributed by atoms with E-state index in [1.165, 1.54) is 17.5 Å². The average molecular weight is 317 g/mol. The van der Waals surface area contributed by atoms with E-state index >= 15 is 0 Å². The van der Waals surface area contributed by atoms with Gasteiger partial charge in [-0.25, -0.2) is 0 Å². The summed E-state index contributed by atoms with van der Waals surface area (Å²) >= 11 is 0. The van der Waals surface area contributed by atoms with Crippen molar-refractivity contribution < 1.29 is 0 Å². The van der Waals surface area contributed by atoms with Crippen LogP contribution in [0.1, 0.15) is 49.3 Å². The Morgan fingerprint density at radius 2 is 1.29 bits per heavy atom. The summed E-state index contributed by atoms with van der Waals surface area (Å²) in [5.74, 6) is 0. The maximum Gasteiger partial charge on any atom is 0.261 e. The van der Waals surface area contributed by atoms with Crippen molar-refractivity contribution in [3.05, 3.63) is 68.2 Å². The zero-order chi connectivity index (χ0) is 16.3. The van der Waals surface area contributed by atoms with Crippen LogP contribution in [-0.2, 0) is 6.42 Å². The fourth-order valence-corrected chi connectivity index (χ4v) is 4.67. The fraction of sp³-hybridized carbons (Fsp3) is 0.333. The van der Waals surface area contributed by atoms with Crippen LogP contribution in [0, 0.1) is 0 Å². The van der Waals surface area contributed by atoms with E-state index in [0.717, 1.165) is 42.9 Å². The molecule has 0 aliphatic heterocycles. The standard InChI is InChI=1S/C21H19NO2/c23-20-16-10-4-6-13-12-14-7-5-11-17(19(14)18(13)16)21(24)22(20)15-8-2-1-3-9-15/h4-7,10-11,15H,1-3,8-9,12H2. The third-order valence-electron chi connectivity index (χ3n) is 5.77. The maximum absolute atomic E-state index is 13.3. The van der Waals surface area contributed by atoms with Gasteiger partial charge in [-0.15, -0.1) is 0 Å². The van der Waals surface area contributed by atoms with E-state index in [4.69, 9.17) is 0 Å². The summed E-state index contributed by atoms with van der Waals surface area (Å²) in [6, 6.07) is 11.9. The zero-order valence-corrected chi connectivity index (χ0v) is 13.5. The largest absolute Gasteiger partial charge is 0.271 e. The molecule has 1 saturated carbocycles. The zero-order valence-electron chi connectivity index (χ0n) is 13.5. The molecule has 0 spiro atoms. The highest BCUT2D eigenvalue weighted by atomic mass is 16.2. The first-order valence-corrected chi connectivity index (χ1v) is 8.88. The van der Waals surface area contributed by atoms with Crippen molar-refractivity contribution in [2.45, 2.75) is 44.6 Å². The third kappa shape index (κ3) is 1.78. The molecular formula is C21H19NO2. The summed E-state index contributed by atoms with van der Waals surface area (Å²) in [5, 5.41) is 3.41. The molecule has 24 heavy (non-hydrogen) atoms. The fourth-order valence-electron chi connectivity index (χ4n) is 4.67. The molecule has 0 saturated heterocycles. The molecule has 2 aliphatic rings. The van der Waals surface area contributed by atoms with Crippen LogP contribution in [0.15, 0.2) is 46.0 Å². The SMILES string of the molecule is O=c1c2cccc3c2c2c(cccc2c(=O)n1C1CCCCC1)C3. The Hall–Kier alpha value is -2.42. The van der Waals surface area contributed by atoms with Crippen LogP contribution in [-0.4, -0.2) is 4.57 Å². The van der Waals surface area contributed by atoms with Gasteiger partial charge >= 0.3 is 0 Å². The molecule has 2 aliphatic carbocycles. The van der Waals surface area contributed by atoms with Gasteiger partial charge in [0.1, 0.15) is 0 Å². The Bertz CT molecular complexity index is 1030. The Labute approximate surface area is 139 Å². The first-order valence-electron chi connectivity index (χ1n) is 8.88. The molecule has 3 nitrogen and oxygen atoms in total. The quantitative estimate of drug-likeness (QED) is 0.534. The van der Waals surface area contributed by atoms with Gasteiger partial charge in [-0.2, -0.15) is 0 Å². The minimum Gasteiger partial charge on any atom is -0.271 e. The maximum atomic E-state index is 13.3. The number of hydrogen-bond donors (Lipinski definition) is 0. The van der Waals surface area contributed by atoms with Crippen LogP contribution < -0.4 is 11.1 Å². The van der Waals surface area contributed by atoms with Gasteiger partial charge in [0.2, 0.25) is 0 Å². The molecule has 0 unspecified atom stereocenters. The summed E-state index contributed by atoms with van der Waals surface area (Å²) in [6.07, 6.45) is 6.08. The van der Waals surface area contributed by atoms with E-state index < -0.39 is 0 Å². The summed E-state index contributed by atoms with van der Waals surface area (Å²) < 4.78 is 1.57. The Morgan fingerprint density at radius 1 is 0.750 bits per heavy atom. The first-order chi connectivity index (χ1) is 11.8. The Morgan fingerprint density at radius 3 is 1.83 bits per heavy atom. The molecule has 1 heterocycles. The van der Waals surface area contributed by atoms with Gasteiger partial charge < -0.3 is 0 Å². The lowest BCUT2D eigenvalue weighted by Crippen LogP contribution is -2.35.